The molecule has 0 saturated carbocycles. The number of fused-ring (bicyclic) bond motifs is 1. The summed E-state index contributed by atoms with van der Waals surface area (Å²) in [5, 5.41) is 10.4. The average Bonchev–Trinajstić information content (AvgIpc) is 2.66. The average molecular weight is 330 g/mol. The van der Waals surface area contributed by atoms with Crippen molar-refractivity contribution in [3.8, 4) is 6.07 Å². The highest BCUT2D eigenvalue weighted by molar-refractivity contribution is 5.89. The van der Waals surface area contributed by atoms with Gasteiger partial charge in [-0.05, 0) is 17.7 Å². The quantitative estimate of drug-likeness (QED) is 0.614. The Morgan fingerprint density at radius 2 is 1.80 bits per heavy atom. The number of nitriles is 1. The second-order valence-electron chi connectivity index (χ2n) is 5.75. The number of ether oxygens (including phenoxy) is 1. The number of benzene rings is 2. The normalized spacial score (nSPS) is 11.8. The van der Waals surface area contributed by atoms with Crippen LogP contribution in [0.15, 0.2) is 66.7 Å². The minimum Gasteiger partial charge on any atom is -0.376 e. The Morgan fingerprint density at radius 3 is 2.60 bits per heavy atom. The van der Waals surface area contributed by atoms with E-state index in [9.17, 15) is 10.1 Å². The van der Waals surface area contributed by atoms with Gasteiger partial charge in [-0.1, -0.05) is 54.6 Å². The van der Waals surface area contributed by atoms with Gasteiger partial charge in [0.25, 0.3) is 0 Å². The molecule has 1 atom stereocenters. The van der Waals surface area contributed by atoms with Gasteiger partial charge in [-0.2, -0.15) is 5.26 Å². The molecule has 124 valence electrons. The maximum absolute atomic E-state index is 12.4. The molecule has 0 aliphatic carbocycles. The number of nitrogens with zero attached hydrogens (tertiary/aromatic N) is 2. The zero-order valence-electron chi connectivity index (χ0n) is 13.8. The largest absolute Gasteiger partial charge is 0.376 e. The molecule has 0 aliphatic rings. The molecule has 25 heavy (non-hydrogen) atoms. The molecule has 0 amide bonds. The molecule has 1 heterocycles. The molecule has 4 nitrogen and oxygen atoms in total. The summed E-state index contributed by atoms with van der Waals surface area (Å²) in [6, 6.07) is 23.1. The van der Waals surface area contributed by atoms with Gasteiger partial charge in [0.15, 0.2) is 5.78 Å². The number of carbonyl (C=O) groups is 1. The number of Topliss-reactive ketones (excluding diaryl/α,β-unsaturated/α-hetero) is 1. The molecule has 0 bridgehead atoms. The fraction of sp³-hybridized carbons (Fsp3) is 0.190. The predicted octanol–water partition coefficient (Wildman–Crippen LogP) is 4.02. The smallest absolute Gasteiger partial charge is 0.158 e. The van der Waals surface area contributed by atoms with Crippen molar-refractivity contribution in [2.75, 3.05) is 6.61 Å². The third-order valence-electron chi connectivity index (χ3n) is 3.97. The van der Waals surface area contributed by atoms with Gasteiger partial charge in [-0.3, -0.25) is 9.78 Å². The van der Waals surface area contributed by atoms with E-state index in [1.807, 2.05) is 60.7 Å². The molecule has 0 spiro atoms. The number of aromatic nitrogens is 1. The van der Waals surface area contributed by atoms with Crippen LogP contribution in [0.1, 0.15) is 23.6 Å². The molecular weight excluding hydrogens is 312 g/mol. The van der Waals surface area contributed by atoms with Crippen molar-refractivity contribution in [1.29, 1.82) is 5.26 Å². The summed E-state index contributed by atoms with van der Waals surface area (Å²) >= 11 is 0. The monoisotopic (exact) mass is 330 g/mol. The highest BCUT2D eigenvalue weighted by Crippen LogP contribution is 2.20. The third kappa shape index (κ3) is 4.28. The first kappa shape index (κ1) is 16.8. The van der Waals surface area contributed by atoms with Gasteiger partial charge in [0.1, 0.15) is 5.92 Å². The van der Waals surface area contributed by atoms with E-state index in [1.165, 1.54) is 0 Å². The molecule has 0 N–H and O–H groups in total. The van der Waals surface area contributed by atoms with Crippen LogP contribution in [0, 0.1) is 11.3 Å². The molecule has 3 aromatic rings. The van der Waals surface area contributed by atoms with Crippen LogP contribution in [0.3, 0.4) is 0 Å². The first-order chi connectivity index (χ1) is 12.3. The number of para-hydroxylation sites is 1. The van der Waals surface area contributed by atoms with E-state index in [2.05, 4.69) is 11.1 Å². The minimum atomic E-state index is -0.857. The first-order valence-corrected chi connectivity index (χ1v) is 8.17. The van der Waals surface area contributed by atoms with E-state index >= 15 is 0 Å². The van der Waals surface area contributed by atoms with Crippen molar-refractivity contribution in [1.82, 2.24) is 4.98 Å². The molecule has 3 rings (SSSR count). The third-order valence-corrected chi connectivity index (χ3v) is 3.97. The minimum absolute atomic E-state index is 0.168. The Bertz CT molecular complexity index is 900. The second-order valence-corrected chi connectivity index (χ2v) is 5.75. The van der Waals surface area contributed by atoms with Crippen LogP contribution in [0.5, 0.6) is 0 Å². The Balaban J connectivity index is 1.59. The lowest BCUT2D eigenvalue weighted by molar-refractivity contribution is -0.120. The van der Waals surface area contributed by atoms with Crippen LogP contribution >= 0.6 is 0 Å². The summed E-state index contributed by atoms with van der Waals surface area (Å²) < 4.78 is 5.54. The topological polar surface area (TPSA) is 63.0 Å². The van der Waals surface area contributed by atoms with Crippen LogP contribution in [0.2, 0.25) is 0 Å². The van der Waals surface area contributed by atoms with Crippen molar-refractivity contribution >= 4 is 16.7 Å². The maximum atomic E-state index is 12.4. The Morgan fingerprint density at radius 1 is 1.04 bits per heavy atom. The zero-order valence-corrected chi connectivity index (χ0v) is 13.8. The van der Waals surface area contributed by atoms with Gasteiger partial charge >= 0.3 is 0 Å². The van der Waals surface area contributed by atoms with E-state index in [0.29, 0.717) is 18.9 Å². The van der Waals surface area contributed by atoms with Crippen LogP contribution < -0.4 is 0 Å². The summed E-state index contributed by atoms with van der Waals surface area (Å²) in [7, 11) is 0. The molecule has 1 unspecified atom stereocenters. The Hall–Kier alpha value is -3.03. The van der Waals surface area contributed by atoms with Crippen LogP contribution in [0.4, 0.5) is 0 Å². The lowest BCUT2D eigenvalue weighted by atomic mass is 9.98. The number of hydrogen-bond acceptors (Lipinski definition) is 4. The second kappa shape index (κ2) is 8.18. The number of ketones is 1. The van der Waals surface area contributed by atoms with Crippen molar-refractivity contribution in [3.63, 3.8) is 0 Å². The molecule has 0 fully saturated rings. The molecule has 0 aliphatic heterocycles. The van der Waals surface area contributed by atoms with Gasteiger partial charge < -0.3 is 4.74 Å². The van der Waals surface area contributed by atoms with Crippen LogP contribution in [0.25, 0.3) is 10.9 Å². The fourth-order valence-electron chi connectivity index (χ4n) is 2.63. The summed E-state index contributed by atoms with van der Waals surface area (Å²) in [4.78, 5) is 16.8. The zero-order chi connectivity index (χ0) is 17.5. The lowest BCUT2D eigenvalue weighted by Crippen LogP contribution is -2.14. The molecule has 0 radical (unpaired) electrons. The lowest BCUT2D eigenvalue weighted by Gasteiger charge is -2.09. The van der Waals surface area contributed by atoms with Gasteiger partial charge in [0, 0.05) is 11.8 Å². The van der Waals surface area contributed by atoms with Crippen LogP contribution in [-0.4, -0.2) is 17.4 Å². The molecule has 1 aromatic heterocycles. The number of rotatable bonds is 7. The van der Waals surface area contributed by atoms with E-state index < -0.39 is 5.92 Å². The predicted molar refractivity (Wildman–Crippen MR) is 95.8 cm³/mol. The van der Waals surface area contributed by atoms with E-state index in [4.69, 9.17) is 4.74 Å². The van der Waals surface area contributed by atoms with Crippen molar-refractivity contribution in [3.05, 3.63) is 78.0 Å². The Labute approximate surface area is 146 Å². The van der Waals surface area contributed by atoms with Gasteiger partial charge in [-0.25, -0.2) is 0 Å². The molecule has 0 saturated heterocycles. The number of carbonyl (C=O) groups excluding carboxylic acids is 1. The number of hydrogen-bond donors (Lipinski definition) is 0. The summed E-state index contributed by atoms with van der Waals surface area (Å²) in [5.41, 5.74) is 2.34. The molecule has 4 heteroatoms. The van der Waals surface area contributed by atoms with Gasteiger partial charge in [0.2, 0.25) is 0 Å². The highest BCUT2D eigenvalue weighted by Gasteiger charge is 2.21. The van der Waals surface area contributed by atoms with E-state index in [-0.39, 0.29) is 12.2 Å². The van der Waals surface area contributed by atoms with Crippen molar-refractivity contribution in [2.24, 2.45) is 0 Å². The summed E-state index contributed by atoms with van der Waals surface area (Å²) in [6.07, 6.45) is 0.194. The summed E-state index contributed by atoms with van der Waals surface area (Å²) in [5.74, 6) is -1.02. The van der Waals surface area contributed by atoms with E-state index in [0.717, 1.165) is 16.5 Å². The van der Waals surface area contributed by atoms with Gasteiger partial charge in [0.05, 0.1) is 30.5 Å². The van der Waals surface area contributed by atoms with Crippen molar-refractivity contribution in [2.45, 2.75) is 18.9 Å². The fourth-order valence-corrected chi connectivity index (χ4v) is 2.63. The Kier molecular flexibility index (Phi) is 5.50. The molecular formula is C21H18N2O2. The maximum Gasteiger partial charge on any atom is 0.158 e. The SMILES string of the molecule is N#CC(C(=O)CCOCc1ccccc1)c1ccc2ccccc2n1. The van der Waals surface area contributed by atoms with E-state index in [1.54, 1.807) is 6.07 Å². The molecule has 2 aromatic carbocycles. The standard InChI is InChI=1S/C21H18N2O2/c22-14-18(20-11-10-17-8-4-5-9-19(17)23-20)21(24)12-13-25-15-16-6-2-1-3-7-16/h1-11,18H,12-13,15H2. The van der Waals surface area contributed by atoms with Crippen LogP contribution in [-0.2, 0) is 16.1 Å². The van der Waals surface area contributed by atoms with Crippen molar-refractivity contribution < 1.29 is 9.53 Å². The highest BCUT2D eigenvalue weighted by atomic mass is 16.5. The summed E-state index contributed by atoms with van der Waals surface area (Å²) in [6.45, 7) is 0.749. The first-order valence-electron chi connectivity index (χ1n) is 8.17. The van der Waals surface area contributed by atoms with Gasteiger partial charge in [-0.15, -0.1) is 0 Å². The number of pyridine rings is 1.